The second kappa shape index (κ2) is 4.10. The molecule has 0 bridgehead atoms. The van der Waals surface area contributed by atoms with Crippen LogP contribution in [-0.2, 0) is 16.6 Å². The van der Waals surface area contributed by atoms with Crippen molar-refractivity contribution in [3.63, 3.8) is 0 Å². The average Bonchev–Trinajstić information content (AvgIpc) is 2.82. The van der Waals surface area contributed by atoms with Gasteiger partial charge in [0.25, 0.3) is 0 Å². The highest BCUT2D eigenvalue weighted by Crippen LogP contribution is 2.26. The molecule has 3 aromatic rings. The van der Waals surface area contributed by atoms with Gasteiger partial charge in [0.2, 0.25) is 5.78 Å². The van der Waals surface area contributed by atoms with E-state index in [0.29, 0.717) is 11.5 Å². The standard InChI is InChI=1S/C15H17N3O2/c1-15(2,3)9-4-5-11-12(6-9)18-8-10(7-13(19)20)16-14(18)17-11/h4-6,8H,7H2,1-3H3,(H,16,17)(H,19,20). The Morgan fingerprint density at radius 1 is 1.40 bits per heavy atom. The fourth-order valence-corrected chi connectivity index (χ4v) is 2.36. The van der Waals surface area contributed by atoms with E-state index in [0.717, 1.165) is 11.0 Å². The van der Waals surface area contributed by atoms with Crippen LogP contribution < -0.4 is 0 Å². The maximum Gasteiger partial charge on any atom is 0.309 e. The van der Waals surface area contributed by atoms with Crippen LogP contribution in [0.25, 0.3) is 16.8 Å². The van der Waals surface area contributed by atoms with E-state index < -0.39 is 5.97 Å². The summed E-state index contributed by atoms with van der Waals surface area (Å²) in [7, 11) is 0. The first kappa shape index (κ1) is 12.7. The Bertz CT molecular complexity index is 806. The van der Waals surface area contributed by atoms with Crippen molar-refractivity contribution in [2.24, 2.45) is 0 Å². The highest BCUT2D eigenvalue weighted by Gasteiger charge is 2.16. The minimum absolute atomic E-state index is 0.0240. The summed E-state index contributed by atoms with van der Waals surface area (Å²) < 4.78 is 1.92. The van der Waals surface area contributed by atoms with Gasteiger partial charge in [-0.2, -0.15) is 0 Å². The number of aromatic nitrogens is 3. The van der Waals surface area contributed by atoms with Crippen molar-refractivity contribution in [3.05, 3.63) is 35.7 Å². The number of imidazole rings is 2. The van der Waals surface area contributed by atoms with Gasteiger partial charge in [0, 0.05) is 11.9 Å². The molecule has 2 aromatic heterocycles. The zero-order valence-corrected chi connectivity index (χ0v) is 11.8. The number of carboxylic acid groups (broad SMARTS) is 1. The lowest BCUT2D eigenvalue weighted by Gasteiger charge is -2.18. The minimum atomic E-state index is -0.853. The first-order chi connectivity index (χ1) is 9.34. The number of aliphatic carboxylic acids is 1. The largest absolute Gasteiger partial charge is 0.481 e. The van der Waals surface area contributed by atoms with Crippen LogP contribution in [0.4, 0.5) is 0 Å². The zero-order valence-electron chi connectivity index (χ0n) is 11.8. The van der Waals surface area contributed by atoms with Crippen molar-refractivity contribution in [1.29, 1.82) is 0 Å². The molecule has 0 aliphatic carbocycles. The lowest BCUT2D eigenvalue weighted by atomic mass is 9.87. The Hall–Kier alpha value is -2.30. The van der Waals surface area contributed by atoms with Gasteiger partial charge in [-0.25, -0.2) is 4.98 Å². The predicted octanol–water partition coefficient (Wildman–Crippen LogP) is 2.74. The molecule has 5 heteroatoms. The number of rotatable bonds is 2. The summed E-state index contributed by atoms with van der Waals surface area (Å²) in [5.74, 6) is -0.170. The molecule has 20 heavy (non-hydrogen) atoms. The molecule has 0 fully saturated rings. The number of hydrogen-bond donors (Lipinski definition) is 2. The second-order valence-electron chi connectivity index (χ2n) is 6.11. The summed E-state index contributed by atoms with van der Waals surface area (Å²) in [6, 6.07) is 6.22. The predicted molar refractivity (Wildman–Crippen MR) is 77.1 cm³/mol. The fraction of sp³-hybridized carbons (Fsp3) is 0.333. The number of benzene rings is 1. The van der Waals surface area contributed by atoms with Crippen LogP contribution in [-0.4, -0.2) is 25.4 Å². The number of aromatic amines is 1. The summed E-state index contributed by atoms with van der Waals surface area (Å²) in [4.78, 5) is 18.3. The van der Waals surface area contributed by atoms with E-state index in [-0.39, 0.29) is 11.8 Å². The van der Waals surface area contributed by atoms with Gasteiger partial charge < -0.3 is 10.1 Å². The highest BCUT2D eigenvalue weighted by atomic mass is 16.4. The van der Waals surface area contributed by atoms with Crippen molar-refractivity contribution in [1.82, 2.24) is 14.4 Å². The Morgan fingerprint density at radius 2 is 2.15 bits per heavy atom. The molecular weight excluding hydrogens is 254 g/mol. The number of fused-ring (bicyclic) bond motifs is 3. The van der Waals surface area contributed by atoms with E-state index in [2.05, 4.69) is 42.9 Å². The summed E-state index contributed by atoms with van der Waals surface area (Å²) in [6.45, 7) is 6.50. The van der Waals surface area contributed by atoms with E-state index >= 15 is 0 Å². The molecule has 0 amide bonds. The molecule has 0 aliphatic heterocycles. The second-order valence-corrected chi connectivity index (χ2v) is 6.11. The highest BCUT2D eigenvalue weighted by molar-refractivity contribution is 5.81. The zero-order chi connectivity index (χ0) is 14.5. The number of H-pyrrole nitrogens is 1. The lowest BCUT2D eigenvalue weighted by Crippen LogP contribution is -2.10. The Kier molecular flexibility index (Phi) is 2.61. The van der Waals surface area contributed by atoms with Gasteiger partial charge in [-0.15, -0.1) is 0 Å². The molecule has 0 saturated heterocycles. The van der Waals surface area contributed by atoms with Gasteiger partial charge in [0.1, 0.15) is 0 Å². The normalized spacial score (nSPS) is 12.3. The quantitative estimate of drug-likeness (QED) is 0.753. The fourth-order valence-electron chi connectivity index (χ4n) is 2.36. The molecule has 0 saturated carbocycles. The third-order valence-corrected chi connectivity index (χ3v) is 3.45. The van der Waals surface area contributed by atoms with E-state index in [1.54, 1.807) is 0 Å². The molecule has 1 aromatic carbocycles. The topological polar surface area (TPSA) is 70.4 Å². The number of carbonyl (C=O) groups is 1. The molecule has 0 unspecified atom stereocenters. The van der Waals surface area contributed by atoms with Crippen LogP contribution in [0, 0.1) is 0 Å². The van der Waals surface area contributed by atoms with Gasteiger partial charge in [-0.05, 0) is 23.1 Å². The van der Waals surface area contributed by atoms with E-state index in [1.165, 1.54) is 5.56 Å². The third kappa shape index (κ3) is 2.05. The SMILES string of the molecule is CC(C)(C)c1ccc2nc3[nH]c(CC(=O)O)cn3c2c1. The summed E-state index contributed by atoms with van der Waals surface area (Å²) in [6.07, 6.45) is 1.79. The third-order valence-electron chi connectivity index (χ3n) is 3.45. The summed E-state index contributed by atoms with van der Waals surface area (Å²) >= 11 is 0. The van der Waals surface area contributed by atoms with Crippen LogP contribution in [0.3, 0.4) is 0 Å². The number of hydrogen-bond acceptors (Lipinski definition) is 2. The van der Waals surface area contributed by atoms with Gasteiger partial charge >= 0.3 is 5.97 Å². The van der Waals surface area contributed by atoms with Crippen molar-refractivity contribution in [2.75, 3.05) is 0 Å². The molecular formula is C15H17N3O2. The van der Waals surface area contributed by atoms with Gasteiger partial charge in [-0.1, -0.05) is 26.8 Å². The minimum Gasteiger partial charge on any atom is -0.481 e. The maximum absolute atomic E-state index is 10.8. The van der Waals surface area contributed by atoms with Crippen molar-refractivity contribution in [2.45, 2.75) is 32.6 Å². The summed E-state index contributed by atoms with van der Waals surface area (Å²) in [5.41, 5.74) is 3.86. The molecule has 0 radical (unpaired) electrons. The summed E-state index contributed by atoms with van der Waals surface area (Å²) in [5, 5.41) is 8.84. The first-order valence-electron chi connectivity index (χ1n) is 6.56. The van der Waals surface area contributed by atoms with Crippen LogP contribution in [0.1, 0.15) is 32.0 Å². The molecule has 0 spiro atoms. The molecule has 0 atom stereocenters. The van der Waals surface area contributed by atoms with Crippen molar-refractivity contribution in [3.8, 4) is 0 Å². The first-order valence-corrected chi connectivity index (χ1v) is 6.56. The van der Waals surface area contributed by atoms with Gasteiger partial charge in [-0.3, -0.25) is 9.20 Å². The Balaban J connectivity index is 2.18. The van der Waals surface area contributed by atoms with Crippen molar-refractivity contribution < 1.29 is 9.90 Å². The van der Waals surface area contributed by atoms with Gasteiger partial charge in [0.15, 0.2) is 0 Å². The molecule has 5 nitrogen and oxygen atoms in total. The molecule has 0 aliphatic rings. The molecule has 3 rings (SSSR count). The molecule has 2 heterocycles. The van der Waals surface area contributed by atoms with Crippen LogP contribution in [0.5, 0.6) is 0 Å². The number of carboxylic acids is 1. The van der Waals surface area contributed by atoms with Crippen molar-refractivity contribution >= 4 is 22.8 Å². The van der Waals surface area contributed by atoms with E-state index in [1.807, 2.05) is 16.7 Å². The van der Waals surface area contributed by atoms with E-state index in [9.17, 15) is 4.79 Å². The van der Waals surface area contributed by atoms with Crippen LogP contribution in [0.2, 0.25) is 0 Å². The van der Waals surface area contributed by atoms with Crippen LogP contribution >= 0.6 is 0 Å². The smallest absolute Gasteiger partial charge is 0.309 e. The maximum atomic E-state index is 10.8. The molecule has 104 valence electrons. The Morgan fingerprint density at radius 3 is 2.80 bits per heavy atom. The Labute approximate surface area is 116 Å². The van der Waals surface area contributed by atoms with Gasteiger partial charge in [0.05, 0.1) is 17.5 Å². The molecule has 2 N–H and O–H groups in total. The number of nitrogens with one attached hydrogen (secondary N) is 1. The van der Waals surface area contributed by atoms with E-state index in [4.69, 9.17) is 5.11 Å². The van der Waals surface area contributed by atoms with Crippen LogP contribution in [0.15, 0.2) is 24.4 Å². The monoisotopic (exact) mass is 271 g/mol. The number of nitrogens with zero attached hydrogens (tertiary/aromatic N) is 2. The lowest BCUT2D eigenvalue weighted by molar-refractivity contribution is -0.136. The average molecular weight is 271 g/mol.